The van der Waals surface area contributed by atoms with Gasteiger partial charge in [0.05, 0.1) is 6.61 Å². The van der Waals surface area contributed by atoms with Crippen molar-refractivity contribution in [2.24, 2.45) is 5.84 Å². The first-order valence-electron chi connectivity index (χ1n) is 4.83. The molecule has 0 bridgehead atoms. The van der Waals surface area contributed by atoms with E-state index < -0.39 is 6.09 Å². The molecule has 4 nitrogen and oxygen atoms in total. The molecular weight excluding hydrogens is 168 g/mol. The molecule has 0 fully saturated rings. The third kappa shape index (κ3) is 7.59. The third-order valence-electron chi connectivity index (χ3n) is 1.76. The molecule has 0 aliphatic heterocycles. The van der Waals surface area contributed by atoms with Crippen LogP contribution in [-0.2, 0) is 4.74 Å². The second-order valence-electron chi connectivity index (χ2n) is 3.14. The van der Waals surface area contributed by atoms with Gasteiger partial charge in [-0.3, -0.25) is 0 Å². The van der Waals surface area contributed by atoms with Crippen molar-refractivity contribution in [1.82, 2.24) is 5.01 Å². The number of hydrogen-bond donors (Lipinski definition) is 1. The Morgan fingerprint density at radius 1 is 1.31 bits per heavy atom. The van der Waals surface area contributed by atoms with Crippen LogP contribution in [0.3, 0.4) is 0 Å². The van der Waals surface area contributed by atoms with Crippen LogP contribution >= 0.6 is 0 Å². The van der Waals surface area contributed by atoms with Crippen LogP contribution in [0, 0.1) is 0 Å². The van der Waals surface area contributed by atoms with Crippen molar-refractivity contribution in [2.75, 3.05) is 13.7 Å². The number of ether oxygens (including phenoxy) is 1. The zero-order valence-electron chi connectivity index (χ0n) is 8.58. The molecule has 2 N–H and O–H groups in total. The maximum absolute atomic E-state index is 10.8. The van der Waals surface area contributed by atoms with Gasteiger partial charge < -0.3 is 4.74 Å². The first-order chi connectivity index (χ1) is 6.18. The molecule has 0 aliphatic rings. The van der Waals surface area contributed by atoms with Crippen molar-refractivity contribution in [1.29, 1.82) is 0 Å². The van der Waals surface area contributed by atoms with E-state index in [1.165, 1.54) is 26.3 Å². The maximum atomic E-state index is 10.8. The summed E-state index contributed by atoms with van der Waals surface area (Å²) in [5.74, 6) is 5.16. The van der Waals surface area contributed by atoms with Crippen molar-refractivity contribution < 1.29 is 9.53 Å². The van der Waals surface area contributed by atoms with Gasteiger partial charge in [0.2, 0.25) is 0 Å². The standard InChI is InChI=1S/C9H20N2O2/c1-3-4-5-6-7-8-13-9(12)11(2)10/h3-8,10H2,1-2H3. The first-order valence-corrected chi connectivity index (χ1v) is 4.83. The van der Waals surface area contributed by atoms with Crippen molar-refractivity contribution in [3.8, 4) is 0 Å². The van der Waals surface area contributed by atoms with Gasteiger partial charge in [-0.2, -0.15) is 0 Å². The average Bonchev–Trinajstić information content (AvgIpc) is 2.10. The predicted molar refractivity (Wildman–Crippen MR) is 52.1 cm³/mol. The normalized spacial score (nSPS) is 9.77. The monoisotopic (exact) mass is 188 g/mol. The SMILES string of the molecule is CCCCCCCOC(=O)N(C)N. The number of hydrogen-bond acceptors (Lipinski definition) is 3. The molecule has 0 saturated carbocycles. The van der Waals surface area contributed by atoms with Crippen LogP contribution in [0.25, 0.3) is 0 Å². The summed E-state index contributed by atoms with van der Waals surface area (Å²) in [5.41, 5.74) is 0. The fraction of sp³-hybridized carbons (Fsp3) is 0.889. The second-order valence-corrected chi connectivity index (χ2v) is 3.14. The van der Waals surface area contributed by atoms with Crippen LogP contribution in [0.15, 0.2) is 0 Å². The Kier molecular flexibility index (Phi) is 7.39. The van der Waals surface area contributed by atoms with Gasteiger partial charge in [0.15, 0.2) is 0 Å². The average molecular weight is 188 g/mol. The minimum Gasteiger partial charge on any atom is -0.448 e. The molecule has 78 valence electrons. The van der Waals surface area contributed by atoms with Crippen LogP contribution in [-0.4, -0.2) is 24.8 Å². The molecule has 0 aliphatic carbocycles. The van der Waals surface area contributed by atoms with Gasteiger partial charge in [-0.15, -0.1) is 0 Å². The molecule has 0 saturated heterocycles. The van der Waals surface area contributed by atoms with Gasteiger partial charge in [0.25, 0.3) is 0 Å². The minimum atomic E-state index is -0.463. The molecular formula is C9H20N2O2. The third-order valence-corrected chi connectivity index (χ3v) is 1.76. The summed E-state index contributed by atoms with van der Waals surface area (Å²) >= 11 is 0. The highest BCUT2D eigenvalue weighted by atomic mass is 16.6. The number of nitrogens with two attached hydrogens (primary N) is 1. The Balaban J connectivity index is 3.12. The van der Waals surface area contributed by atoms with Crippen molar-refractivity contribution in [3.05, 3.63) is 0 Å². The van der Waals surface area contributed by atoms with Gasteiger partial charge in [-0.25, -0.2) is 15.6 Å². The Hall–Kier alpha value is -0.770. The predicted octanol–water partition coefficient (Wildman–Crippen LogP) is 1.90. The fourth-order valence-electron chi connectivity index (χ4n) is 0.967. The van der Waals surface area contributed by atoms with Gasteiger partial charge in [0.1, 0.15) is 0 Å². The molecule has 0 unspecified atom stereocenters. The Morgan fingerprint density at radius 3 is 2.46 bits per heavy atom. The largest absolute Gasteiger partial charge is 0.448 e. The van der Waals surface area contributed by atoms with Crippen LogP contribution in [0.5, 0.6) is 0 Å². The number of carbonyl (C=O) groups excluding carboxylic acids is 1. The van der Waals surface area contributed by atoms with E-state index in [9.17, 15) is 4.79 Å². The molecule has 0 aromatic heterocycles. The molecule has 0 spiro atoms. The molecule has 0 aromatic carbocycles. The van der Waals surface area contributed by atoms with Gasteiger partial charge in [0, 0.05) is 7.05 Å². The molecule has 13 heavy (non-hydrogen) atoms. The summed E-state index contributed by atoms with van der Waals surface area (Å²) in [5, 5.41) is 0.950. The lowest BCUT2D eigenvalue weighted by Crippen LogP contribution is -2.33. The van der Waals surface area contributed by atoms with Crippen molar-refractivity contribution >= 4 is 6.09 Å². The molecule has 0 heterocycles. The maximum Gasteiger partial charge on any atom is 0.423 e. The summed E-state index contributed by atoms with van der Waals surface area (Å²) < 4.78 is 4.85. The number of amides is 1. The first kappa shape index (κ1) is 12.2. The lowest BCUT2D eigenvalue weighted by molar-refractivity contribution is 0.109. The molecule has 4 heteroatoms. The summed E-state index contributed by atoms with van der Waals surface area (Å²) in [6, 6.07) is 0. The highest BCUT2D eigenvalue weighted by Gasteiger charge is 2.03. The van der Waals surface area contributed by atoms with Gasteiger partial charge >= 0.3 is 6.09 Å². The number of rotatable bonds is 6. The zero-order chi connectivity index (χ0) is 10.1. The molecule has 0 radical (unpaired) electrons. The fourth-order valence-corrected chi connectivity index (χ4v) is 0.967. The van der Waals surface area contributed by atoms with E-state index >= 15 is 0 Å². The Morgan fingerprint density at radius 2 is 1.92 bits per heavy atom. The van der Waals surface area contributed by atoms with E-state index in [0.29, 0.717) is 6.61 Å². The van der Waals surface area contributed by atoms with Gasteiger partial charge in [-0.05, 0) is 6.42 Å². The van der Waals surface area contributed by atoms with Crippen molar-refractivity contribution in [3.63, 3.8) is 0 Å². The number of carbonyl (C=O) groups is 1. The van der Waals surface area contributed by atoms with E-state index in [1.807, 2.05) is 0 Å². The van der Waals surface area contributed by atoms with Crippen LogP contribution in [0.1, 0.15) is 39.0 Å². The summed E-state index contributed by atoms with van der Waals surface area (Å²) in [4.78, 5) is 10.8. The Bertz CT molecular complexity index is 138. The number of hydrazine groups is 1. The van der Waals surface area contributed by atoms with E-state index in [4.69, 9.17) is 10.6 Å². The number of unbranched alkanes of at least 4 members (excludes halogenated alkanes) is 4. The molecule has 1 amide bonds. The second kappa shape index (κ2) is 7.86. The topological polar surface area (TPSA) is 55.6 Å². The summed E-state index contributed by atoms with van der Waals surface area (Å²) in [6.45, 7) is 2.65. The van der Waals surface area contributed by atoms with E-state index in [1.54, 1.807) is 0 Å². The lowest BCUT2D eigenvalue weighted by Gasteiger charge is -2.10. The highest BCUT2D eigenvalue weighted by molar-refractivity contribution is 5.66. The molecule has 0 aromatic rings. The van der Waals surface area contributed by atoms with E-state index in [2.05, 4.69) is 6.92 Å². The van der Waals surface area contributed by atoms with Crippen LogP contribution in [0.4, 0.5) is 4.79 Å². The van der Waals surface area contributed by atoms with Crippen LogP contribution in [0.2, 0.25) is 0 Å². The van der Waals surface area contributed by atoms with Crippen LogP contribution < -0.4 is 5.84 Å². The summed E-state index contributed by atoms with van der Waals surface area (Å²) in [6.07, 6.45) is 5.29. The minimum absolute atomic E-state index is 0.463. The smallest absolute Gasteiger partial charge is 0.423 e. The molecule has 0 rings (SSSR count). The van der Waals surface area contributed by atoms with E-state index in [-0.39, 0.29) is 0 Å². The highest BCUT2D eigenvalue weighted by Crippen LogP contribution is 2.02. The van der Waals surface area contributed by atoms with E-state index in [0.717, 1.165) is 17.9 Å². The zero-order valence-corrected chi connectivity index (χ0v) is 8.58. The number of nitrogens with zero attached hydrogens (tertiary/aromatic N) is 1. The quantitative estimate of drug-likeness (QED) is 0.300. The summed E-state index contributed by atoms with van der Waals surface area (Å²) in [7, 11) is 1.47. The Labute approximate surface area is 80.0 Å². The van der Waals surface area contributed by atoms with Gasteiger partial charge in [-0.1, -0.05) is 32.6 Å². The van der Waals surface area contributed by atoms with Crippen molar-refractivity contribution in [2.45, 2.75) is 39.0 Å². The lowest BCUT2D eigenvalue weighted by atomic mass is 10.2. The molecule has 0 atom stereocenters.